The normalized spacial score (nSPS) is 18.4. The molecule has 6 rings (SSSR count). The molecule has 0 aromatic heterocycles. The van der Waals surface area contributed by atoms with E-state index >= 15 is 0 Å². The topological polar surface area (TPSA) is 94.9 Å². The van der Waals surface area contributed by atoms with Crippen LogP contribution in [0.1, 0.15) is 45.5 Å². The van der Waals surface area contributed by atoms with Crippen LogP contribution in [0, 0.1) is 0 Å². The Labute approximate surface area is 258 Å². The van der Waals surface area contributed by atoms with Crippen molar-refractivity contribution in [1.29, 1.82) is 0 Å². The molecule has 0 unspecified atom stereocenters. The number of ether oxygens (including phenoxy) is 3. The molecule has 0 aliphatic carbocycles. The SMILES string of the molecule is COc1cc2c(cc1O)[C@H](Cc1ccc(Oc3cc(C[C@H]4c5cc(O)c(OC)cc5CCN4C)ccc3O)cc1)N(C)CC2. The first kappa shape index (κ1) is 29.7. The number of methoxy groups -OCH3 is 2. The van der Waals surface area contributed by atoms with E-state index in [1.165, 1.54) is 11.1 Å². The fourth-order valence-corrected chi connectivity index (χ4v) is 6.58. The molecule has 44 heavy (non-hydrogen) atoms. The lowest BCUT2D eigenvalue weighted by Gasteiger charge is -2.35. The highest BCUT2D eigenvalue weighted by atomic mass is 16.5. The lowest BCUT2D eigenvalue weighted by molar-refractivity contribution is 0.228. The Kier molecular flexibility index (Phi) is 8.29. The largest absolute Gasteiger partial charge is 0.504 e. The lowest BCUT2D eigenvalue weighted by Crippen LogP contribution is -2.33. The summed E-state index contributed by atoms with van der Waals surface area (Å²) in [6, 6.07) is 21.2. The number of nitrogens with zero attached hydrogens (tertiary/aromatic N) is 2. The van der Waals surface area contributed by atoms with Gasteiger partial charge in [0, 0.05) is 25.2 Å². The Morgan fingerprint density at radius 2 is 1.11 bits per heavy atom. The van der Waals surface area contributed by atoms with Gasteiger partial charge in [0.15, 0.2) is 34.5 Å². The molecule has 0 saturated heterocycles. The van der Waals surface area contributed by atoms with Gasteiger partial charge in [-0.1, -0.05) is 18.2 Å². The van der Waals surface area contributed by atoms with E-state index in [4.69, 9.17) is 14.2 Å². The van der Waals surface area contributed by atoms with Crippen LogP contribution in [0.5, 0.6) is 40.2 Å². The maximum atomic E-state index is 10.6. The van der Waals surface area contributed by atoms with Crippen LogP contribution in [0.15, 0.2) is 66.7 Å². The molecular weight excluding hydrogens is 556 g/mol. The Hall–Kier alpha value is -4.40. The van der Waals surface area contributed by atoms with Crippen molar-refractivity contribution in [3.63, 3.8) is 0 Å². The molecule has 3 N–H and O–H groups in total. The fourth-order valence-electron chi connectivity index (χ4n) is 6.58. The molecule has 0 amide bonds. The summed E-state index contributed by atoms with van der Waals surface area (Å²) >= 11 is 0. The average molecular weight is 597 g/mol. The van der Waals surface area contributed by atoms with Crippen molar-refractivity contribution in [1.82, 2.24) is 9.80 Å². The number of fused-ring (bicyclic) bond motifs is 2. The van der Waals surface area contributed by atoms with Gasteiger partial charge in [-0.3, -0.25) is 9.80 Å². The molecule has 230 valence electrons. The van der Waals surface area contributed by atoms with E-state index in [0.717, 1.165) is 54.6 Å². The molecule has 4 aromatic rings. The van der Waals surface area contributed by atoms with Gasteiger partial charge in [0.2, 0.25) is 0 Å². The van der Waals surface area contributed by atoms with Gasteiger partial charge in [-0.25, -0.2) is 0 Å². The minimum atomic E-state index is 0.0679. The number of rotatable bonds is 8. The Balaban J connectivity index is 1.17. The minimum absolute atomic E-state index is 0.0679. The van der Waals surface area contributed by atoms with Crippen LogP contribution in [0.25, 0.3) is 0 Å². The van der Waals surface area contributed by atoms with Gasteiger partial charge < -0.3 is 29.5 Å². The standard InChI is InChI=1S/C36H40N2O6/c1-37-13-11-24-18-34(42-3)32(40)20-27(24)29(37)15-22-5-8-26(9-6-22)44-36-17-23(7-10-31(36)39)16-30-28-21-33(41)35(43-4)19-25(28)12-14-38(30)2/h5-10,17-21,29-30,39-41H,11-16H2,1-4H3/t29-,30-/m0/s1. The first-order chi connectivity index (χ1) is 21.2. The van der Waals surface area contributed by atoms with E-state index in [1.807, 2.05) is 48.5 Å². The number of phenolic OH excluding ortho intramolecular Hbond substituents is 3. The molecule has 0 bridgehead atoms. The summed E-state index contributed by atoms with van der Waals surface area (Å²) < 4.78 is 16.8. The van der Waals surface area contributed by atoms with Crippen LogP contribution in [-0.2, 0) is 25.7 Å². The van der Waals surface area contributed by atoms with Crippen LogP contribution < -0.4 is 14.2 Å². The fraction of sp³-hybridized carbons (Fsp3) is 0.333. The quantitative estimate of drug-likeness (QED) is 0.223. The molecule has 2 aliphatic rings. The minimum Gasteiger partial charge on any atom is -0.504 e. The summed E-state index contributed by atoms with van der Waals surface area (Å²) in [5.41, 5.74) is 6.76. The second kappa shape index (κ2) is 12.3. The van der Waals surface area contributed by atoms with Crippen molar-refractivity contribution in [3.05, 3.63) is 100 Å². The number of likely N-dealkylation sites (N-methyl/N-ethyl adjacent to an activating group) is 2. The molecule has 0 fully saturated rings. The van der Waals surface area contributed by atoms with Crippen molar-refractivity contribution >= 4 is 0 Å². The van der Waals surface area contributed by atoms with Crippen molar-refractivity contribution in [2.75, 3.05) is 41.4 Å². The van der Waals surface area contributed by atoms with E-state index < -0.39 is 0 Å². The predicted molar refractivity (Wildman–Crippen MR) is 169 cm³/mol. The molecule has 0 spiro atoms. The van der Waals surface area contributed by atoms with Gasteiger partial charge in [0.05, 0.1) is 14.2 Å². The van der Waals surface area contributed by atoms with Gasteiger partial charge in [0.25, 0.3) is 0 Å². The summed E-state index contributed by atoms with van der Waals surface area (Å²) in [6.45, 7) is 1.83. The third kappa shape index (κ3) is 5.87. The van der Waals surface area contributed by atoms with Crippen molar-refractivity contribution in [2.45, 2.75) is 37.8 Å². The van der Waals surface area contributed by atoms with Crippen LogP contribution in [0.3, 0.4) is 0 Å². The maximum absolute atomic E-state index is 10.6. The zero-order valence-electron chi connectivity index (χ0n) is 25.7. The van der Waals surface area contributed by atoms with Crippen molar-refractivity contribution in [2.24, 2.45) is 0 Å². The predicted octanol–water partition coefficient (Wildman–Crippen LogP) is 6.16. The van der Waals surface area contributed by atoms with Crippen molar-refractivity contribution < 1.29 is 29.5 Å². The van der Waals surface area contributed by atoms with Crippen LogP contribution in [0.4, 0.5) is 0 Å². The monoisotopic (exact) mass is 596 g/mol. The van der Waals surface area contributed by atoms with Gasteiger partial charge in [-0.2, -0.15) is 0 Å². The molecule has 0 radical (unpaired) electrons. The zero-order chi connectivity index (χ0) is 31.0. The highest BCUT2D eigenvalue weighted by Gasteiger charge is 2.28. The highest BCUT2D eigenvalue weighted by molar-refractivity contribution is 5.51. The van der Waals surface area contributed by atoms with Gasteiger partial charge in [-0.05, 0) is 122 Å². The molecule has 2 heterocycles. The molecular formula is C36H40N2O6. The van der Waals surface area contributed by atoms with E-state index in [0.29, 0.717) is 29.4 Å². The van der Waals surface area contributed by atoms with Crippen LogP contribution in [-0.4, -0.2) is 66.5 Å². The molecule has 0 saturated carbocycles. The molecule has 2 aliphatic heterocycles. The first-order valence-electron chi connectivity index (χ1n) is 15.0. The smallest absolute Gasteiger partial charge is 0.169 e. The molecule has 8 nitrogen and oxygen atoms in total. The van der Waals surface area contributed by atoms with E-state index in [2.05, 4.69) is 36.0 Å². The molecule has 8 heteroatoms. The van der Waals surface area contributed by atoms with Crippen LogP contribution >= 0.6 is 0 Å². The Morgan fingerprint density at radius 1 is 0.614 bits per heavy atom. The second-order valence-corrected chi connectivity index (χ2v) is 11.9. The summed E-state index contributed by atoms with van der Waals surface area (Å²) in [7, 11) is 7.35. The Morgan fingerprint density at radius 3 is 1.64 bits per heavy atom. The lowest BCUT2D eigenvalue weighted by atomic mass is 9.88. The second-order valence-electron chi connectivity index (χ2n) is 11.9. The molecule has 4 aromatic carbocycles. The summed E-state index contributed by atoms with van der Waals surface area (Å²) in [6.07, 6.45) is 3.28. The third-order valence-corrected chi connectivity index (χ3v) is 9.16. The number of hydrogen-bond acceptors (Lipinski definition) is 8. The van der Waals surface area contributed by atoms with Crippen molar-refractivity contribution in [3.8, 4) is 40.2 Å². The van der Waals surface area contributed by atoms with Gasteiger partial charge >= 0.3 is 0 Å². The first-order valence-corrected chi connectivity index (χ1v) is 15.0. The number of aromatic hydroxyl groups is 3. The van der Waals surface area contributed by atoms with E-state index in [9.17, 15) is 15.3 Å². The van der Waals surface area contributed by atoms with Crippen LogP contribution in [0.2, 0.25) is 0 Å². The van der Waals surface area contributed by atoms with E-state index in [1.54, 1.807) is 20.3 Å². The van der Waals surface area contributed by atoms with Gasteiger partial charge in [-0.15, -0.1) is 0 Å². The summed E-state index contributed by atoms with van der Waals surface area (Å²) in [4.78, 5) is 4.61. The van der Waals surface area contributed by atoms with Gasteiger partial charge in [0.1, 0.15) is 5.75 Å². The van der Waals surface area contributed by atoms with E-state index in [-0.39, 0.29) is 29.3 Å². The number of phenols is 3. The maximum Gasteiger partial charge on any atom is 0.169 e. The number of hydrogen-bond donors (Lipinski definition) is 3. The highest BCUT2D eigenvalue weighted by Crippen LogP contribution is 2.41. The number of benzene rings is 4. The summed E-state index contributed by atoms with van der Waals surface area (Å²) in [5, 5.41) is 31.5. The third-order valence-electron chi connectivity index (χ3n) is 9.16. The average Bonchev–Trinajstić information content (AvgIpc) is 3.02. The Bertz CT molecular complexity index is 1650. The zero-order valence-corrected chi connectivity index (χ0v) is 25.7. The summed E-state index contributed by atoms with van der Waals surface area (Å²) in [5.74, 6) is 2.42. The molecule has 2 atom stereocenters.